The first-order chi connectivity index (χ1) is 11.2. The van der Waals surface area contributed by atoms with Crippen molar-refractivity contribution in [3.05, 3.63) is 29.8 Å². The highest BCUT2D eigenvalue weighted by molar-refractivity contribution is 7.98. The third-order valence-electron chi connectivity index (χ3n) is 3.43. The van der Waals surface area contributed by atoms with Crippen LogP contribution in [0, 0.1) is 6.92 Å². The van der Waals surface area contributed by atoms with Crippen LogP contribution in [0.15, 0.2) is 29.3 Å². The Hall–Kier alpha value is -1.36. The molecule has 0 heterocycles. The van der Waals surface area contributed by atoms with Gasteiger partial charge in [-0.15, -0.1) is 0 Å². The zero-order valence-corrected chi connectivity index (χ0v) is 15.8. The zero-order valence-electron chi connectivity index (χ0n) is 15.0. The van der Waals surface area contributed by atoms with Crippen LogP contribution in [0.2, 0.25) is 0 Å². The Kier molecular flexibility index (Phi) is 10.4. The van der Waals surface area contributed by atoms with Crippen LogP contribution in [0.5, 0.6) is 5.75 Å². The van der Waals surface area contributed by atoms with Gasteiger partial charge >= 0.3 is 0 Å². The van der Waals surface area contributed by atoms with Gasteiger partial charge in [-0.1, -0.05) is 17.7 Å². The highest BCUT2D eigenvalue weighted by Crippen LogP contribution is 2.11. The number of nitrogens with one attached hydrogen (secondary N) is 1. The maximum Gasteiger partial charge on any atom is 0.193 e. The van der Waals surface area contributed by atoms with Gasteiger partial charge in [-0.25, -0.2) is 0 Å². The van der Waals surface area contributed by atoms with E-state index >= 15 is 0 Å². The molecule has 130 valence electrons. The average Bonchev–Trinajstić information content (AvgIpc) is 2.55. The first kappa shape index (κ1) is 19.7. The number of nitrogens with zero attached hydrogens (tertiary/aromatic N) is 2. The van der Waals surface area contributed by atoms with Gasteiger partial charge in [-0.3, -0.25) is 4.99 Å². The summed E-state index contributed by atoms with van der Waals surface area (Å²) in [6, 6.07) is 8.17. The van der Waals surface area contributed by atoms with E-state index in [1.165, 1.54) is 17.7 Å². The second kappa shape index (κ2) is 12.1. The fourth-order valence-corrected chi connectivity index (χ4v) is 2.55. The number of aliphatic imine (C=N–C) groups is 1. The minimum atomic E-state index is 0.649. The molecule has 0 bridgehead atoms. The van der Waals surface area contributed by atoms with Gasteiger partial charge in [0.1, 0.15) is 12.4 Å². The fraction of sp³-hybridized carbons (Fsp3) is 0.611. The van der Waals surface area contributed by atoms with E-state index in [0.717, 1.165) is 37.8 Å². The molecule has 1 N–H and O–H groups in total. The van der Waals surface area contributed by atoms with Crippen LogP contribution >= 0.6 is 11.8 Å². The molecule has 5 heteroatoms. The number of hydrogen-bond acceptors (Lipinski definition) is 3. The molecule has 4 nitrogen and oxygen atoms in total. The largest absolute Gasteiger partial charge is 0.492 e. The molecule has 1 aromatic carbocycles. The summed E-state index contributed by atoms with van der Waals surface area (Å²) < 4.78 is 5.79. The topological polar surface area (TPSA) is 36.9 Å². The first-order valence-electron chi connectivity index (χ1n) is 8.35. The Morgan fingerprint density at radius 2 is 2.00 bits per heavy atom. The lowest BCUT2D eigenvalue weighted by Gasteiger charge is -2.22. The number of thioether (sulfide) groups is 1. The minimum Gasteiger partial charge on any atom is -0.492 e. The normalized spacial score (nSPS) is 11.4. The summed E-state index contributed by atoms with van der Waals surface area (Å²) in [6.07, 6.45) is 4.52. The van der Waals surface area contributed by atoms with Gasteiger partial charge in [0.2, 0.25) is 0 Å². The highest BCUT2D eigenvalue weighted by atomic mass is 32.2. The van der Waals surface area contributed by atoms with E-state index in [0.29, 0.717) is 6.61 Å². The van der Waals surface area contributed by atoms with Gasteiger partial charge in [-0.2, -0.15) is 11.8 Å². The minimum absolute atomic E-state index is 0.649. The van der Waals surface area contributed by atoms with Crippen LogP contribution in [-0.4, -0.2) is 56.2 Å². The van der Waals surface area contributed by atoms with Crippen molar-refractivity contribution in [2.24, 2.45) is 4.99 Å². The molecular weight excluding hydrogens is 306 g/mol. The molecule has 1 aromatic rings. The van der Waals surface area contributed by atoms with Crippen molar-refractivity contribution in [1.29, 1.82) is 0 Å². The number of aryl methyl sites for hydroxylation is 1. The van der Waals surface area contributed by atoms with Crippen LogP contribution < -0.4 is 10.1 Å². The van der Waals surface area contributed by atoms with Crippen LogP contribution in [0.4, 0.5) is 0 Å². The molecule has 0 aliphatic rings. The Morgan fingerprint density at radius 3 is 2.65 bits per heavy atom. The molecule has 0 fully saturated rings. The van der Waals surface area contributed by atoms with E-state index in [2.05, 4.69) is 54.5 Å². The number of benzene rings is 1. The monoisotopic (exact) mass is 337 g/mol. The second-order valence-corrected chi connectivity index (χ2v) is 6.50. The number of hydrogen-bond donors (Lipinski definition) is 1. The lowest BCUT2D eigenvalue weighted by molar-refractivity contribution is 0.281. The number of rotatable bonds is 10. The van der Waals surface area contributed by atoms with Crippen molar-refractivity contribution >= 4 is 17.7 Å². The molecule has 0 aliphatic heterocycles. The summed E-state index contributed by atoms with van der Waals surface area (Å²) in [5.74, 6) is 3.10. The van der Waals surface area contributed by atoms with E-state index in [4.69, 9.17) is 4.74 Å². The molecule has 23 heavy (non-hydrogen) atoms. The molecule has 0 unspecified atom stereocenters. The maximum absolute atomic E-state index is 5.79. The summed E-state index contributed by atoms with van der Waals surface area (Å²) in [4.78, 5) is 6.82. The van der Waals surface area contributed by atoms with E-state index in [1.807, 2.05) is 23.9 Å². The number of unbranched alkanes of at least 4 members (excludes halogenated alkanes) is 1. The smallest absolute Gasteiger partial charge is 0.193 e. The standard InChI is InChI=1S/C18H31N3OS/c1-5-19-18(20-12-6-7-15-23-4)21(3)13-14-22-17-10-8-16(2)9-11-17/h8-11H,5-7,12-15H2,1-4H3,(H,19,20). The average molecular weight is 338 g/mol. The molecule has 0 saturated heterocycles. The lowest BCUT2D eigenvalue weighted by atomic mass is 10.2. The number of guanidine groups is 1. The molecule has 0 spiro atoms. The molecule has 0 aromatic heterocycles. The van der Waals surface area contributed by atoms with Crippen LogP contribution in [0.25, 0.3) is 0 Å². The third kappa shape index (κ3) is 8.74. The SMILES string of the molecule is CCNC(=NCCCCSC)N(C)CCOc1ccc(C)cc1. The number of ether oxygens (including phenoxy) is 1. The summed E-state index contributed by atoms with van der Waals surface area (Å²) in [5, 5.41) is 3.34. The predicted molar refractivity (Wildman–Crippen MR) is 103 cm³/mol. The van der Waals surface area contributed by atoms with Crippen molar-refractivity contribution in [3.63, 3.8) is 0 Å². The Balaban J connectivity index is 2.36. The van der Waals surface area contributed by atoms with Gasteiger partial charge in [-0.05, 0) is 50.8 Å². The van der Waals surface area contributed by atoms with Crippen LogP contribution in [-0.2, 0) is 0 Å². The van der Waals surface area contributed by atoms with Crippen molar-refractivity contribution in [2.75, 3.05) is 45.3 Å². The summed E-state index contributed by atoms with van der Waals surface area (Å²) in [6.45, 7) is 7.40. The van der Waals surface area contributed by atoms with E-state index in [-0.39, 0.29) is 0 Å². The number of likely N-dealkylation sites (N-methyl/N-ethyl adjacent to an activating group) is 1. The molecule has 0 radical (unpaired) electrons. The van der Waals surface area contributed by atoms with Gasteiger partial charge in [0.15, 0.2) is 5.96 Å². The Labute approximate surface area is 145 Å². The third-order valence-corrected chi connectivity index (χ3v) is 4.13. The van der Waals surface area contributed by atoms with Gasteiger partial charge in [0, 0.05) is 20.1 Å². The van der Waals surface area contributed by atoms with Gasteiger partial charge in [0.05, 0.1) is 6.54 Å². The molecule has 0 aliphatic carbocycles. The first-order valence-corrected chi connectivity index (χ1v) is 9.74. The summed E-state index contributed by atoms with van der Waals surface area (Å²) in [7, 11) is 2.06. The summed E-state index contributed by atoms with van der Waals surface area (Å²) >= 11 is 1.90. The van der Waals surface area contributed by atoms with Crippen molar-refractivity contribution in [1.82, 2.24) is 10.2 Å². The van der Waals surface area contributed by atoms with Crippen molar-refractivity contribution in [2.45, 2.75) is 26.7 Å². The molecule has 1 rings (SSSR count). The lowest BCUT2D eigenvalue weighted by Crippen LogP contribution is -2.41. The van der Waals surface area contributed by atoms with Crippen molar-refractivity contribution in [3.8, 4) is 5.75 Å². The van der Waals surface area contributed by atoms with Gasteiger partial charge < -0.3 is 15.0 Å². The van der Waals surface area contributed by atoms with Crippen molar-refractivity contribution < 1.29 is 4.74 Å². The Morgan fingerprint density at radius 1 is 1.26 bits per heavy atom. The fourth-order valence-electron chi connectivity index (χ4n) is 2.05. The quantitative estimate of drug-likeness (QED) is 0.403. The van der Waals surface area contributed by atoms with Crippen LogP contribution in [0.1, 0.15) is 25.3 Å². The molecule has 0 saturated carbocycles. The Bertz CT molecular complexity index is 448. The second-order valence-electron chi connectivity index (χ2n) is 5.52. The molecule has 0 amide bonds. The zero-order chi connectivity index (χ0) is 16.9. The molecular formula is C18H31N3OS. The van der Waals surface area contributed by atoms with E-state index < -0.39 is 0 Å². The maximum atomic E-state index is 5.79. The molecule has 0 atom stereocenters. The highest BCUT2D eigenvalue weighted by Gasteiger charge is 2.05. The van der Waals surface area contributed by atoms with E-state index in [1.54, 1.807) is 0 Å². The van der Waals surface area contributed by atoms with Crippen LogP contribution in [0.3, 0.4) is 0 Å². The summed E-state index contributed by atoms with van der Waals surface area (Å²) in [5.41, 5.74) is 1.25. The predicted octanol–water partition coefficient (Wildman–Crippen LogP) is 3.41. The van der Waals surface area contributed by atoms with E-state index in [9.17, 15) is 0 Å². The van der Waals surface area contributed by atoms with Gasteiger partial charge in [0.25, 0.3) is 0 Å².